The van der Waals surface area contributed by atoms with Gasteiger partial charge in [-0.05, 0) is 23.6 Å². The lowest BCUT2D eigenvalue weighted by molar-refractivity contribution is 0.122. The number of anilines is 4. The van der Waals surface area contributed by atoms with Gasteiger partial charge < -0.3 is 15.0 Å². The van der Waals surface area contributed by atoms with E-state index >= 15 is 0 Å². The van der Waals surface area contributed by atoms with Gasteiger partial charge in [0.25, 0.3) is 0 Å². The molecule has 0 saturated carbocycles. The number of hydrogen-bond acceptors (Lipinski definition) is 8. The van der Waals surface area contributed by atoms with Crippen molar-refractivity contribution in [2.45, 2.75) is 0 Å². The second-order valence-electron chi connectivity index (χ2n) is 7.57. The van der Waals surface area contributed by atoms with Gasteiger partial charge in [0.1, 0.15) is 0 Å². The monoisotopic (exact) mass is 493 g/mol. The van der Waals surface area contributed by atoms with E-state index in [0.717, 1.165) is 22.0 Å². The Hall–Kier alpha value is -3.46. The van der Waals surface area contributed by atoms with Gasteiger partial charge in [0.05, 0.1) is 24.5 Å². The second-order valence-corrected chi connectivity index (χ2v) is 8.41. The van der Waals surface area contributed by atoms with E-state index in [2.05, 4.69) is 53.9 Å². The molecule has 1 fully saturated rings. The number of hydrogen-bond donors (Lipinski definition) is 2. The van der Waals surface area contributed by atoms with Gasteiger partial charge in [0.15, 0.2) is 0 Å². The molecule has 1 aromatic heterocycles. The molecule has 0 spiro atoms. The summed E-state index contributed by atoms with van der Waals surface area (Å²) in [6.45, 7) is 2.63. The van der Waals surface area contributed by atoms with E-state index < -0.39 is 0 Å². The normalized spacial score (nSPS) is 14.0. The third kappa shape index (κ3) is 5.20. The topological polar surface area (TPSA) is 87.6 Å². The maximum Gasteiger partial charge on any atom is 0.250 e. The number of nitrogens with zero attached hydrogens (tertiary/aromatic N) is 5. The number of nitrogens with one attached hydrogen (secondary N) is 2. The van der Waals surface area contributed by atoms with Gasteiger partial charge in [0, 0.05) is 34.7 Å². The minimum atomic E-state index is 0.306. The molecule has 0 atom stereocenters. The van der Waals surface area contributed by atoms with Crippen LogP contribution in [0.15, 0.2) is 65.8 Å². The van der Waals surface area contributed by atoms with Gasteiger partial charge in [-0.15, -0.1) is 0 Å². The third-order valence-corrected chi connectivity index (χ3v) is 5.85. The highest BCUT2D eigenvalue weighted by Gasteiger charge is 2.17. The average molecular weight is 494 g/mol. The molecule has 2 N–H and O–H groups in total. The van der Waals surface area contributed by atoms with Crippen LogP contribution in [0.2, 0.25) is 10.0 Å². The molecule has 5 rings (SSSR count). The Morgan fingerprint density at radius 3 is 2.56 bits per heavy atom. The zero-order valence-corrected chi connectivity index (χ0v) is 19.6. The first-order chi connectivity index (χ1) is 16.7. The van der Waals surface area contributed by atoms with Crippen LogP contribution in [0.3, 0.4) is 0 Å². The predicted molar refractivity (Wildman–Crippen MR) is 138 cm³/mol. The molecule has 34 heavy (non-hydrogen) atoms. The minimum absolute atomic E-state index is 0.306. The van der Waals surface area contributed by atoms with Crippen molar-refractivity contribution in [3.63, 3.8) is 0 Å². The quantitative estimate of drug-likeness (QED) is 0.276. The number of halogens is 2. The van der Waals surface area contributed by atoms with Crippen LogP contribution in [-0.4, -0.2) is 47.5 Å². The zero-order chi connectivity index (χ0) is 23.3. The van der Waals surface area contributed by atoms with E-state index in [-0.39, 0.29) is 0 Å². The molecule has 0 bridgehead atoms. The molecule has 3 aromatic carbocycles. The van der Waals surface area contributed by atoms with Crippen LogP contribution in [0.4, 0.5) is 23.5 Å². The van der Waals surface area contributed by atoms with Gasteiger partial charge in [-0.1, -0.05) is 65.7 Å². The molecule has 1 saturated heterocycles. The second kappa shape index (κ2) is 10.2. The fraction of sp³-hybridized carbons (Fsp3) is 0.167. The summed E-state index contributed by atoms with van der Waals surface area (Å²) >= 11 is 12.2. The van der Waals surface area contributed by atoms with Crippen LogP contribution in [0.25, 0.3) is 10.8 Å². The summed E-state index contributed by atoms with van der Waals surface area (Å²) in [5, 5.41) is 10.9. The molecule has 1 aliphatic heterocycles. The van der Waals surface area contributed by atoms with Crippen molar-refractivity contribution in [1.29, 1.82) is 0 Å². The number of rotatable bonds is 6. The van der Waals surface area contributed by atoms with Crippen molar-refractivity contribution in [2.75, 3.05) is 41.9 Å². The molecule has 10 heteroatoms. The maximum atomic E-state index is 6.23. The van der Waals surface area contributed by atoms with E-state index in [1.54, 1.807) is 24.4 Å². The summed E-state index contributed by atoms with van der Waals surface area (Å²) < 4.78 is 5.47. The first-order valence-corrected chi connectivity index (χ1v) is 11.5. The molecule has 4 aromatic rings. The first kappa shape index (κ1) is 22.3. The molecule has 0 unspecified atom stereocenters. The van der Waals surface area contributed by atoms with Crippen LogP contribution in [-0.2, 0) is 4.74 Å². The number of aromatic nitrogens is 3. The number of fused-ring (bicyclic) bond motifs is 1. The summed E-state index contributed by atoms with van der Waals surface area (Å²) in [5.41, 5.74) is 4.52. The number of ether oxygens (including phenoxy) is 1. The molecule has 172 valence electrons. The minimum Gasteiger partial charge on any atom is -0.378 e. The van der Waals surface area contributed by atoms with Crippen LogP contribution >= 0.6 is 23.2 Å². The van der Waals surface area contributed by atoms with Crippen molar-refractivity contribution in [3.8, 4) is 0 Å². The van der Waals surface area contributed by atoms with Crippen molar-refractivity contribution < 1.29 is 4.74 Å². The van der Waals surface area contributed by atoms with Crippen LogP contribution in [0.5, 0.6) is 0 Å². The molecule has 8 nitrogen and oxygen atoms in total. The van der Waals surface area contributed by atoms with Gasteiger partial charge >= 0.3 is 0 Å². The summed E-state index contributed by atoms with van der Waals surface area (Å²) in [6, 6.07) is 19.4. The van der Waals surface area contributed by atoms with Gasteiger partial charge in [-0.25, -0.2) is 5.43 Å². The van der Waals surface area contributed by atoms with Crippen LogP contribution < -0.4 is 15.6 Å². The van der Waals surface area contributed by atoms with E-state index in [1.807, 2.05) is 24.3 Å². The molecule has 2 heterocycles. The lowest BCUT2D eigenvalue weighted by Crippen LogP contribution is -2.37. The summed E-state index contributed by atoms with van der Waals surface area (Å²) in [4.78, 5) is 15.8. The summed E-state index contributed by atoms with van der Waals surface area (Å²) in [7, 11) is 0. The van der Waals surface area contributed by atoms with Gasteiger partial charge in [-0.3, -0.25) is 0 Å². The molecule has 0 radical (unpaired) electrons. The smallest absolute Gasteiger partial charge is 0.250 e. The predicted octanol–water partition coefficient (Wildman–Crippen LogP) is 5.36. The summed E-state index contributed by atoms with van der Waals surface area (Å²) in [6.07, 6.45) is 1.59. The van der Waals surface area contributed by atoms with Crippen molar-refractivity contribution in [3.05, 3.63) is 76.3 Å². The fourth-order valence-corrected chi connectivity index (χ4v) is 4.05. The average Bonchev–Trinajstić information content (AvgIpc) is 2.86. The Morgan fingerprint density at radius 2 is 1.71 bits per heavy atom. The van der Waals surface area contributed by atoms with Gasteiger partial charge in [0.2, 0.25) is 17.8 Å². The number of hydrazone groups is 1. The Balaban J connectivity index is 1.44. The standard InChI is InChI=1S/C24H21Cl2N7O/c25-18-9-8-17(20(26)14-18)15-27-32-23-29-22(30-24(31-23)33-10-12-34-13-11-33)28-21-7-3-5-16-4-1-2-6-19(16)21/h1-9,14-15H,10-13H2,(H2,28,29,30,31,32)/b27-15+. The molecule has 0 amide bonds. The highest BCUT2D eigenvalue weighted by molar-refractivity contribution is 6.36. The SMILES string of the molecule is Clc1ccc(/C=N/Nc2nc(Nc3cccc4ccccc34)nc(N3CCOCC3)n2)c(Cl)c1. The number of morpholine rings is 1. The highest BCUT2D eigenvalue weighted by Crippen LogP contribution is 2.26. The fourth-order valence-electron chi connectivity index (χ4n) is 3.60. The van der Waals surface area contributed by atoms with E-state index in [9.17, 15) is 0 Å². The lowest BCUT2D eigenvalue weighted by Gasteiger charge is -2.27. The van der Waals surface area contributed by atoms with Crippen LogP contribution in [0, 0.1) is 0 Å². The molecular formula is C24H21Cl2N7O. The van der Waals surface area contributed by atoms with E-state index in [1.165, 1.54) is 0 Å². The largest absolute Gasteiger partial charge is 0.378 e. The molecular weight excluding hydrogens is 473 g/mol. The Bertz CT molecular complexity index is 1340. The van der Waals surface area contributed by atoms with Gasteiger partial charge in [-0.2, -0.15) is 20.1 Å². The zero-order valence-electron chi connectivity index (χ0n) is 18.1. The highest BCUT2D eigenvalue weighted by atomic mass is 35.5. The molecule has 1 aliphatic rings. The van der Waals surface area contributed by atoms with Crippen LogP contribution in [0.1, 0.15) is 5.56 Å². The first-order valence-electron chi connectivity index (χ1n) is 10.7. The van der Waals surface area contributed by atoms with Crippen molar-refractivity contribution in [1.82, 2.24) is 15.0 Å². The third-order valence-electron chi connectivity index (χ3n) is 5.28. The Kier molecular flexibility index (Phi) is 6.71. The van der Waals surface area contributed by atoms with Crippen molar-refractivity contribution >= 4 is 63.7 Å². The van der Waals surface area contributed by atoms with Crippen molar-refractivity contribution in [2.24, 2.45) is 5.10 Å². The Labute approximate surface area is 206 Å². The van der Waals surface area contributed by atoms with E-state index in [0.29, 0.717) is 54.2 Å². The van der Waals surface area contributed by atoms with E-state index in [4.69, 9.17) is 27.9 Å². The molecule has 0 aliphatic carbocycles. The maximum absolute atomic E-state index is 6.23. The Morgan fingerprint density at radius 1 is 0.912 bits per heavy atom. The summed E-state index contributed by atoms with van der Waals surface area (Å²) in [5.74, 6) is 1.26. The number of benzene rings is 3. The lowest BCUT2D eigenvalue weighted by atomic mass is 10.1.